The Morgan fingerprint density at radius 3 is 3.23 bits per heavy atom. The van der Waals surface area contributed by atoms with Crippen LogP contribution in [0.2, 0.25) is 0 Å². The van der Waals surface area contributed by atoms with Gasteiger partial charge in [-0.2, -0.15) is 0 Å². The molecule has 0 amide bonds. The Morgan fingerprint density at radius 1 is 1.41 bits per heavy atom. The second kappa shape index (κ2) is 4.39. The van der Waals surface area contributed by atoms with Crippen LogP contribution in [0.3, 0.4) is 0 Å². The van der Waals surface area contributed by atoms with Crippen molar-refractivity contribution in [3.8, 4) is 11.6 Å². The highest BCUT2D eigenvalue weighted by Gasteiger charge is 2.25. The monoisotopic (exact) mass is 310 g/mol. The fourth-order valence-corrected chi connectivity index (χ4v) is 4.69. The lowest BCUT2D eigenvalue weighted by Crippen LogP contribution is -2.04. The molecule has 0 aromatic carbocycles. The summed E-state index contributed by atoms with van der Waals surface area (Å²) in [6, 6.07) is 3.73. The molecule has 0 saturated carbocycles. The van der Waals surface area contributed by atoms with Gasteiger partial charge in [0.25, 0.3) is 0 Å². The summed E-state index contributed by atoms with van der Waals surface area (Å²) in [5.41, 5.74) is 2.32. The van der Waals surface area contributed by atoms with Gasteiger partial charge in [-0.15, -0.1) is 16.4 Å². The molecule has 0 aliphatic heterocycles. The summed E-state index contributed by atoms with van der Waals surface area (Å²) in [5.74, 6) is 1.87. The van der Waals surface area contributed by atoms with Crippen molar-refractivity contribution in [1.29, 1.82) is 0 Å². The first kappa shape index (κ1) is 12.3. The topological polar surface area (TPSA) is 56.2 Å². The van der Waals surface area contributed by atoms with Gasteiger partial charge in [-0.25, -0.2) is 14.5 Å². The third-order valence-electron chi connectivity index (χ3n) is 4.42. The van der Waals surface area contributed by atoms with Crippen LogP contribution in [0.5, 0.6) is 0 Å². The van der Waals surface area contributed by atoms with Gasteiger partial charge in [0.05, 0.1) is 11.6 Å². The first-order valence-corrected chi connectivity index (χ1v) is 8.33. The maximum absolute atomic E-state index is 5.42. The van der Waals surface area contributed by atoms with E-state index in [0.717, 1.165) is 16.9 Å². The molecule has 6 heteroatoms. The number of nitrogens with zero attached hydrogens (tertiary/aromatic N) is 4. The maximum Gasteiger partial charge on any atom is 0.217 e. The number of thiophene rings is 1. The molecule has 0 radical (unpaired) electrons. The number of hydrogen-bond donors (Lipinski definition) is 0. The van der Waals surface area contributed by atoms with Crippen molar-refractivity contribution < 1.29 is 4.42 Å². The summed E-state index contributed by atoms with van der Waals surface area (Å²) in [6.45, 7) is 2.30. The molecule has 0 fully saturated rings. The molecule has 5 nitrogen and oxygen atoms in total. The van der Waals surface area contributed by atoms with E-state index in [-0.39, 0.29) is 0 Å². The van der Waals surface area contributed by atoms with Crippen LogP contribution in [0, 0.1) is 0 Å². The molecule has 0 unspecified atom stereocenters. The standard InChI is InChI=1S/C16H14N4OS/c1-9-4-2-6-11-12(9)13-15-18-14(10-5-3-7-21-10)19-20(15)8-17-16(13)22-11/h3,5,7-9H,2,4,6H2,1H3/t9-/m1/s1. The minimum atomic E-state index is 0.564. The van der Waals surface area contributed by atoms with E-state index in [1.165, 1.54) is 28.7 Å². The van der Waals surface area contributed by atoms with E-state index < -0.39 is 0 Å². The molecule has 4 heterocycles. The summed E-state index contributed by atoms with van der Waals surface area (Å²) >= 11 is 1.81. The number of aryl methyl sites for hydroxylation is 1. The quantitative estimate of drug-likeness (QED) is 0.532. The molecule has 0 N–H and O–H groups in total. The van der Waals surface area contributed by atoms with Crippen molar-refractivity contribution in [3.05, 3.63) is 35.2 Å². The molecule has 4 aromatic rings. The van der Waals surface area contributed by atoms with Crippen molar-refractivity contribution >= 4 is 27.2 Å². The van der Waals surface area contributed by atoms with Gasteiger partial charge in [-0.3, -0.25) is 0 Å². The molecule has 5 rings (SSSR count). The van der Waals surface area contributed by atoms with Crippen molar-refractivity contribution in [1.82, 2.24) is 19.6 Å². The van der Waals surface area contributed by atoms with Crippen LogP contribution in [-0.2, 0) is 6.42 Å². The Bertz CT molecular complexity index is 983. The first-order valence-electron chi connectivity index (χ1n) is 7.52. The normalized spacial score (nSPS) is 18.1. The van der Waals surface area contributed by atoms with Crippen LogP contribution in [0.4, 0.5) is 0 Å². The van der Waals surface area contributed by atoms with Crippen molar-refractivity contribution in [2.75, 3.05) is 0 Å². The molecule has 0 saturated heterocycles. The van der Waals surface area contributed by atoms with E-state index >= 15 is 0 Å². The molecular formula is C16H14N4OS. The summed E-state index contributed by atoms with van der Waals surface area (Å²) in [7, 11) is 0. The summed E-state index contributed by atoms with van der Waals surface area (Å²) in [6.07, 6.45) is 7.06. The minimum absolute atomic E-state index is 0.564. The van der Waals surface area contributed by atoms with Gasteiger partial charge >= 0.3 is 0 Å². The van der Waals surface area contributed by atoms with Crippen LogP contribution in [0.25, 0.3) is 27.4 Å². The van der Waals surface area contributed by atoms with Gasteiger partial charge in [0, 0.05) is 4.88 Å². The SMILES string of the molecule is C[C@@H]1CCCc2sc3ncn4nc(-c5ccco5)nc4c3c21. The number of hydrogen-bond acceptors (Lipinski definition) is 5. The Labute approximate surface area is 130 Å². The largest absolute Gasteiger partial charge is 0.461 e. The van der Waals surface area contributed by atoms with Gasteiger partial charge < -0.3 is 4.42 Å². The van der Waals surface area contributed by atoms with Gasteiger partial charge in [0.1, 0.15) is 11.2 Å². The Hall–Kier alpha value is -2.21. The van der Waals surface area contributed by atoms with E-state index in [0.29, 0.717) is 17.5 Å². The summed E-state index contributed by atoms with van der Waals surface area (Å²) in [4.78, 5) is 11.9. The van der Waals surface area contributed by atoms with Gasteiger partial charge in [0.15, 0.2) is 11.4 Å². The van der Waals surface area contributed by atoms with Crippen LogP contribution in [-0.4, -0.2) is 19.6 Å². The van der Waals surface area contributed by atoms with Gasteiger partial charge in [0.2, 0.25) is 5.82 Å². The number of furan rings is 1. The molecule has 0 bridgehead atoms. The van der Waals surface area contributed by atoms with Crippen LogP contribution in [0.1, 0.15) is 36.1 Å². The van der Waals surface area contributed by atoms with E-state index in [2.05, 4.69) is 17.0 Å². The molecule has 0 spiro atoms. The molecule has 1 atom stereocenters. The molecule has 22 heavy (non-hydrogen) atoms. The van der Waals surface area contributed by atoms with Gasteiger partial charge in [-0.05, 0) is 42.9 Å². The zero-order valence-corrected chi connectivity index (χ0v) is 12.9. The van der Waals surface area contributed by atoms with E-state index in [4.69, 9.17) is 9.40 Å². The van der Waals surface area contributed by atoms with Crippen LogP contribution in [0.15, 0.2) is 29.1 Å². The number of fused-ring (bicyclic) bond motifs is 5. The lowest BCUT2D eigenvalue weighted by atomic mass is 9.87. The van der Waals surface area contributed by atoms with E-state index in [9.17, 15) is 0 Å². The Morgan fingerprint density at radius 2 is 2.36 bits per heavy atom. The third kappa shape index (κ3) is 1.61. The lowest BCUT2D eigenvalue weighted by molar-refractivity contribution is 0.577. The zero-order chi connectivity index (χ0) is 14.7. The fraction of sp³-hybridized carbons (Fsp3) is 0.312. The third-order valence-corrected chi connectivity index (χ3v) is 5.59. The smallest absolute Gasteiger partial charge is 0.217 e. The first-order chi connectivity index (χ1) is 10.8. The predicted molar refractivity (Wildman–Crippen MR) is 85.2 cm³/mol. The number of rotatable bonds is 1. The highest BCUT2D eigenvalue weighted by molar-refractivity contribution is 7.19. The van der Waals surface area contributed by atoms with E-state index in [1.807, 2.05) is 23.5 Å². The predicted octanol–water partition coefficient (Wildman–Crippen LogP) is 4.04. The molecular weight excluding hydrogens is 296 g/mol. The minimum Gasteiger partial charge on any atom is -0.461 e. The highest BCUT2D eigenvalue weighted by Crippen LogP contribution is 2.42. The summed E-state index contributed by atoms with van der Waals surface area (Å²) in [5, 5.41) is 5.69. The lowest BCUT2D eigenvalue weighted by Gasteiger charge is -2.18. The number of aromatic nitrogens is 4. The Balaban J connectivity index is 1.85. The zero-order valence-electron chi connectivity index (χ0n) is 12.1. The average molecular weight is 310 g/mol. The fourth-order valence-electron chi connectivity index (χ4n) is 3.40. The second-order valence-electron chi connectivity index (χ2n) is 5.84. The van der Waals surface area contributed by atoms with Gasteiger partial charge in [-0.1, -0.05) is 6.92 Å². The van der Waals surface area contributed by atoms with Crippen molar-refractivity contribution in [2.45, 2.75) is 32.1 Å². The summed E-state index contributed by atoms with van der Waals surface area (Å²) < 4.78 is 7.19. The van der Waals surface area contributed by atoms with Crippen LogP contribution >= 0.6 is 11.3 Å². The van der Waals surface area contributed by atoms with Crippen molar-refractivity contribution in [2.24, 2.45) is 0 Å². The van der Waals surface area contributed by atoms with E-state index in [1.54, 1.807) is 17.1 Å². The Kier molecular flexibility index (Phi) is 2.47. The molecule has 110 valence electrons. The molecule has 1 aliphatic rings. The van der Waals surface area contributed by atoms with Crippen molar-refractivity contribution in [3.63, 3.8) is 0 Å². The maximum atomic E-state index is 5.42. The molecule has 4 aromatic heterocycles. The highest BCUT2D eigenvalue weighted by atomic mass is 32.1. The average Bonchev–Trinajstić information content (AvgIpc) is 3.23. The van der Waals surface area contributed by atoms with Crippen LogP contribution < -0.4 is 0 Å². The molecule has 1 aliphatic carbocycles. The second-order valence-corrected chi connectivity index (χ2v) is 6.92.